The van der Waals surface area contributed by atoms with E-state index in [2.05, 4.69) is 15.5 Å². The first kappa shape index (κ1) is 10.8. The molecule has 0 radical (unpaired) electrons. The molecule has 0 atom stereocenters. The van der Waals surface area contributed by atoms with Crippen molar-refractivity contribution in [2.75, 3.05) is 0 Å². The Morgan fingerprint density at radius 3 is 2.39 bits per heavy atom. The maximum absolute atomic E-state index is 9.39. The summed E-state index contributed by atoms with van der Waals surface area (Å²) in [7, 11) is 0. The third-order valence-corrected chi connectivity index (χ3v) is 3.59. The van der Waals surface area contributed by atoms with Gasteiger partial charge in [-0.2, -0.15) is 5.26 Å². The van der Waals surface area contributed by atoms with Gasteiger partial charge in [0.15, 0.2) is 0 Å². The zero-order valence-corrected chi connectivity index (χ0v) is 10.7. The Hall–Kier alpha value is -2.34. The second-order valence-corrected chi connectivity index (χ2v) is 4.56. The molecule has 3 rings (SSSR count). The summed E-state index contributed by atoms with van der Waals surface area (Å²) < 4.78 is 2.08. The van der Waals surface area contributed by atoms with Gasteiger partial charge in [0.1, 0.15) is 11.7 Å². The van der Waals surface area contributed by atoms with Gasteiger partial charge in [0, 0.05) is 22.2 Å². The highest BCUT2D eigenvalue weighted by Gasteiger charge is 2.15. The molecule has 0 fully saturated rings. The minimum atomic E-state index is 0.735. The molecule has 0 saturated heterocycles. The van der Waals surface area contributed by atoms with Crippen LogP contribution in [0, 0.1) is 32.1 Å². The predicted molar refractivity (Wildman–Crippen MR) is 71.6 cm³/mol. The number of pyridine rings is 1. The van der Waals surface area contributed by atoms with Gasteiger partial charge < -0.3 is 0 Å². The summed E-state index contributed by atoms with van der Waals surface area (Å²) in [5.41, 5.74) is 4.75. The smallest absolute Gasteiger partial charge is 0.145 e. The Balaban J connectivity index is 2.72. The SMILES string of the molecule is Cc1nc2c3ccccc3c(C#N)c(C)n2c1C. The fourth-order valence-corrected chi connectivity index (χ4v) is 2.55. The van der Waals surface area contributed by atoms with Crippen LogP contribution >= 0.6 is 0 Å². The fourth-order valence-electron chi connectivity index (χ4n) is 2.55. The number of hydrogen-bond acceptors (Lipinski definition) is 2. The van der Waals surface area contributed by atoms with Gasteiger partial charge in [-0.25, -0.2) is 4.98 Å². The zero-order valence-electron chi connectivity index (χ0n) is 10.7. The lowest BCUT2D eigenvalue weighted by Crippen LogP contribution is -1.99. The van der Waals surface area contributed by atoms with E-state index in [-0.39, 0.29) is 0 Å². The average molecular weight is 235 g/mol. The lowest BCUT2D eigenvalue weighted by Gasteiger charge is -2.09. The average Bonchev–Trinajstić information content (AvgIpc) is 2.67. The molecule has 0 saturated carbocycles. The van der Waals surface area contributed by atoms with Crippen molar-refractivity contribution in [2.45, 2.75) is 20.8 Å². The standard InChI is InChI=1S/C15H13N3/c1-9-10(2)18-11(3)14(8-16)12-6-4-5-7-13(12)15(18)17-9/h4-7H,1-3H3. The van der Waals surface area contributed by atoms with E-state index in [1.807, 2.05) is 45.0 Å². The molecule has 3 nitrogen and oxygen atoms in total. The zero-order chi connectivity index (χ0) is 12.9. The van der Waals surface area contributed by atoms with Gasteiger partial charge in [0.05, 0.1) is 11.3 Å². The topological polar surface area (TPSA) is 41.1 Å². The molecule has 0 N–H and O–H groups in total. The van der Waals surface area contributed by atoms with Gasteiger partial charge in [-0.1, -0.05) is 24.3 Å². The van der Waals surface area contributed by atoms with Crippen LogP contribution in [0.5, 0.6) is 0 Å². The summed E-state index contributed by atoms with van der Waals surface area (Å²) in [5, 5.41) is 11.4. The normalized spacial score (nSPS) is 11.0. The Kier molecular flexibility index (Phi) is 2.14. The van der Waals surface area contributed by atoms with E-state index in [1.54, 1.807) is 0 Å². The van der Waals surface area contributed by atoms with Crippen molar-refractivity contribution in [1.29, 1.82) is 5.26 Å². The van der Waals surface area contributed by atoms with Crippen molar-refractivity contribution >= 4 is 16.4 Å². The Morgan fingerprint density at radius 2 is 1.72 bits per heavy atom. The highest BCUT2D eigenvalue weighted by atomic mass is 15.0. The number of aromatic nitrogens is 2. The molecule has 0 unspecified atom stereocenters. The first-order valence-corrected chi connectivity index (χ1v) is 5.92. The molecule has 1 aromatic carbocycles. The highest BCUT2D eigenvalue weighted by molar-refractivity contribution is 5.98. The number of hydrogen-bond donors (Lipinski definition) is 0. The van der Waals surface area contributed by atoms with E-state index in [4.69, 9.17) is 0 Å². The van der Waals surface area contributed by atoms with Crippen molar-refractivity contribution in [3.63, 3.8) is 0 Å². The van der Waals surface area contributed by atoms with Crippen LogP contribution in [0.15, 0.2) is 24.3 Å². The molecular formula is C15H13N3. The summed E-state index contributed by atoms with van der Waals surface area (Å²) in [6, 6.07) is 10.3. The van der Waals surface area contributed by atoms with Gasteiger partial charge in [-0.05, 0) is 20.8 Å². The second-order valence-electron chi connectivity index (χ2n) is 4.56. The van der Waals surface area contributed by atoms with Gasteiger partial charge in [-0.3, -0.25) is 4.40 Å². The van der Waals surface area contributed by atoms with Crippen LogP contribution < -0.4 is 0 Å². The van der Waals surface area contributed by atoms with E-state index in [0.29, 0.717) is 0 Å². The van der Waals surface area contributed by atoms with Crippen LogP contribution in [0.3, 0.4) is 0 Å². The Labute approximate surface area is 105 Å². The van der Waals surface area contributed by atoms with Crippen LogP contribution in [0.2, 0.25) is 0 Å². The number of nitriles is 1. The Morgan fingerprint density at radius 1 is 1.06 bits per heavy atom. The number of benzene rings is 1. The third kappa shape index (κ3) is 1.20. The lowest BCUT2D eigenvalue weighted by molar-refractivity contribution is 1.03. The Bertz CT molecular complexity index is 819. The van der Waals surface area contributed by atoms with E-state index in [0.717, 1.165) is 39.1 Å². The third-order valence-electron chi connectivity index (χ3n) is 3.59. The molecule has 3 heteroatoms. The number of nitrogens with zero attached hydrogens (tertiary/aromatic N) is 3. The van der Waals surface area contributed by atoms with Gasteiger partial charge in [0.2, 0.25) is 0 Å². The van der Waals surface area contributed by atoms with Crippen molar-refractivity contribution in [3.05, 3.63) is 46.9 Å². The van der Waals surface area contributed by atoms with Gasteiger partial charge >= 0.3 is 0 Å². The van der Waals surface area contributed by atoms with Crippen molar-refractivity contribution in [1.82, 2.24) is 9.38 Å². The number of fused-ring (bicyclic) bond motifs is 3. The monoisotopic (exact) mass is 235 g/mol. The molecule has 0 aliphatic carbocycles. The quantitative estimate of drug-likeness (QED) is 0.600. The van der Waals surface area contributed by atoms with Gasteiger partial charge in [-0.15, -0.1) is 0 Å². The van der Waals surface area contributed by atoms with Crippen LogP contribution in [0.25, 0.3) is 16.4 Å². The first-order valence-electron chi connectivity index (χ1n) is 5.92. The van der Waals surface area contributed by atoms with Crippen LogP contribution in [0.4, 0.5) is 0 Å². The number of aryl methyl sites for hydroxylation is 3. The first-order chi connectivity index (χ1) is 8.65. The molecule has 2 heterocycles. The fraction of sp³-hybridized carbons (Fsp3) is 0.200. The van der Waals surface area contributed by atoms with Gasteiger partial charge in [0.25, 0.3) is 0 Å². The molecule has 0 aliphatic heterocycles. The largest absolute Gasteiger partial charge is 0.299 e. The summed E-state index contributed by atoms with van der Waals surface area (Å²) in [4.78, 5) is 4.63. The van der Waals surface area contributed by atoms with Crippen molar-refractivity contribution in [2.24, 2.45) is 0 Å². The molecule has 0 amide bonds. The van der Waals surface area contributed by atoms with E-state index in [1.165, 1.54) is 0 Å². The van der Waals surface area contributed by atoms with Crippen LogP contribution in [0.1, 0.15) is 22.6 Å². The lowest BCUT2D eigenvalue weighted by atomic mass is 10.1. The molecule has 0 bridgehead atoms. The summed E-state index contributed by atoms with van der Waals surface area (Å²) in [6.45, 7) is 6.02. The summed E-state index contributed by atoms with van der Waals surface area (Å²) >= 11 is 0. The van der Waals surface area contributed by atoms with E-state index < -0.39 is 0 Å². The highest BCUT2D eigenvalue weighted by Crippen LogP contribution is 2.27. The maximum atomic E-state index is 9.39. The molecular weight excluding hydrogens is 222 g/mol. The molecule has 88 valence electrons. The van der Waals surface area contributed by atoms with Crippen molar-refractivity contribution in [3.8, 4) is 6.07 Å². The molecule has 3 aromatic rings. The summed E-state index contributed by atoms with van der Waals surface area (Å²) in [5.74, 6) is 0. The molecule has 0 spiro atoms. The predicted octanol–water partition coefficient (Wildman–Crippen LogP) is 3.28. The minimum absolute atomic E-state index is 0.735. The number of rotatable bonds is 0. The van der Waals surface area contributed by atoms with Crippen LogP contribution in [-0.2, 0) is 0 Å². The molecule has 18 heavy (non-hydrogen) atoms. The van der Waals surface area contributed by atoms with Crippen LogP contribution in [-0.4, -0.2) is 9.38 Å². The van der Waals surface area contributed by atoms with E-state index >= 15 is 0 Å². The summed E-state index contributed by atoms with van der Waals surface area (Å²) in [6.07, 6.45) is 0. The van der Waals surface area contributed by atoms with E-state index in [9.17, 15) is 5.26 Å². The second kappa shape index (κ2) is 3.58. The number of imidazole rings is 1. The molecule has 0 aliphatic rings. The maximum Gasteiger partial charge on any atom is 0.145 e. The molecule has 2 aromatic heterocycles. The van der Waals surface area contributed by atoms with Crippen molar-refractivity contribution < 1.29 is 0 Å². The minimum Gasteiger partial charge on any atom is -0.299 e.